The smallest absolute Gasteiger partial charge is 0.200 e. The van der Waals surface area contributed by atoms with Gasteiger partial charge in [-0.05, 0) is 30.5 Å². The summed E-state index contributed by atoms with van der Waals surface area (Å²) in [5.41, 5.74) is 1.87. The largest absolute Gasteiger partial charge is 0.502 e. The van der Waals surface area contributed by atoms with Crippen LogP contribution >= 0.6 is 24.0 Å². The Morgan fingerprint density at radius 1 is 1.10 bits per heavy atom. The second kappa shape index (κ2) is 12.4. The van der Waals surface area contributed by atoms with Crippen LogP contribution in [0.15, 0.2) is 27.7 Å². The number of hydrogen-bond acceptors (Lipinski definition) is 6. The molecule has 0 amide bonds. The molecule has 2 aromatic rings. The topological polar surface area (TPSA) is 101 Å². The fourth-order valence-corrected chi connectivity index (χ4v) is 2.94. The molecular formula is C20H31IN4O4. The predicted molar refractivity (Wildman–Crippen MR) is 123 cm³/mol. The van der Waals surface area contributed by atoms with E-state index < -0.39 is 0 Å². The summed E-state index contributed by atoms with van der Waals surface area (Å²) in [5, 5.41) is 20.6. The number of aliphatic imine (C=N–C) groups is 1. The highest BCUT2D eigenvalue weighted by atomic mass is 127. The Hall–Kier alpha value is -2.17. The number of guanidine groups is 1. The Morgan fingerprint density at radius 2 is 1.69 bits per heavy atom. The average Bonchev–Trinajstić information content (AvgIpc) is 3.18. The molecular weight excluding hydrogens is 487 g/mol. The highest BCUT2D eigenvalue weighted by Gasteiger charge is 2.14. The quantitative estimate of drug-likeness (QED) is 0.264. The molecule has 0 aliphatic rings. The van der Waals surface area contributed by atoms with Gasteiger partial charge in [0.15, 0.2) is 23.2 Å². The summed E-state index contributed by atoms with van der Waals surface area (Å²) in [6, 6.07) is 5.49. The van der Waals surface area contributed by atoms with Crippen LogP contribution in [0, 0.1) is 0 Å². The van der Waals surface area contributed by atoms with Gasteiger partial charge in [-0.1, -0.05) is 19.0 Å². The third-order valence-electron chi connectivity index (χ3n) is 4.63. The van der Waals surface area contributed by atoms with E-state index >= 15 is 0 Å². The molecule has 29 heavy (non-hydrogen) atoms. The lowest BCUT2D eigenvalue weighted by Gasteiger charge is -2.14. The van der Waals surface area contributed by atoms with Crippen LogP contribution in [0.25, 0.3) is 0 Å². The van der Waals surface area contributed by atoms with Gasteiger partial charge < -0.3 is 29.7 Å². The number of nitrogens with one attached hydrogen (secondary N) is 2. The summed E-state index contributed by atoms with van der Waals surface area (Å²) in [6.45, 7) is 5.26. The van der Waals surface area contributed by atoms with Gasteiger partial charge in [-0.15, -0.1) is 24.0 Å². The van der Waals surface area contributed by atoms with E-state index in [0.717, 1.165) is 29.9 Å². The van der Waals surface area contributed by atoms with Crippen LogP contribution in [-0.4, -0.2) is 37.5 Å². The Balaban J connectivity index is 0.00000420. The highest BCUT2D eigenvalue weighted by Crippen LogP contribution is 2.37. The summed E-state index contributed by atoms with van der Waals surface area (Å²) in [6.07, 6.45) is 2.08. The number of ether oxygens (including phenoxy) is 2. The molecule has 0 fully saturated rings. The van der Waals surface area contributed by atoms with Crippen molar-refractivity contribution >= 4 is 29.9 Å². The second-order valence-electron chi connectivity index (χ2n) is 6.36. The zero-order valence-electron chi connectivity index (χ0n) is 17.6. The van der Waals surface area contributed by atoms with E-state index in [-0.39, 0.29) is 29.7 Å². The lowest BCUT2D eigenvalue weighted by atomic mass is 9.99. The maximum absolute atomic E-state index is 10.0. The fourth-order valence-electron chi connectivity index (χ4n) is 2.94. The molecule has 1 aromatic heterocycles. The molecule has 0 bridgehead atoms. The van der Waals surface area contributed by atoms with Crippen molar-refractivity contribution in [3.05, 3.63) is 35.2 Å². The third kappa shape index (κ3) is 6.69. The van der Waals surface area contributed by atoms with E-state index in [9.17, 15) is 5.11 Å². The number of aromatic hydroxyl groups is 1. The van der Waals surface area contributed by atoms with Crippen molar-refractivity contribution in [2.75, 3.05) is 21.3 Å². The number of benzene rings is 1. The van der Waals surface area contributed by atoms with E-state index in [4.69, 9.17) is 14.0 Å². The minimum atomic E-state index is -0.0187. The molecule has 2 rings (SSSR count). The van der Waals surface area contributed by atoms with Crippen LogP contribution in [0.3, 0.4) is 0 Å². The maximum Gasteiger partial charge on any atom is 0.200 e. The summed E-state index contributed by atoms with van der Waals surface area (Å²) in [5.74, 6) is 2.50. The molecule has 0 unspecified atom stereocenters. The van der Waals surface area contributed by atoms with Gasteiger partial charge in [0.25, 0.3) is 0 Å². The molecule has 0 saturated carbocycles. The lowest BCUT2D eigenvalue weighted by Crippen LogP contribution is -2.36. The summed E-state index contributed by atoms with van der Waals surface area (Å²) < 4.78 is 15.8. The summed E-state index contributed by atoms with van der Waals surface area (Å²) in [4.78, 5) is 4.22. The first-order valence-corrected chi connectivity index (χ1v) is 9.40. The zero-order chi connectivity index (χ0) is 20.5. The number of methoxy groups -OCH3 is 2. The van der Waals surface area contributed by atoms with Gasteiger partial charge in [0, 0.05) is 25.6 Å². The number of hydrogen-bond donors (Lipinski definition) is 3. The molecule has 1 heterocycles. The van der Waals surface area contributed by atoms with Crippen molar-refractivity contribution < 1.29 is 19.1 Å². The molecule has 0 aliphatic carbocycles. The first-order chi connectivity index (χ1) is 13.6. The standard InChI is InChI=1S/C20H30N4O4.HI/c1-6-14(7-2)16-10-15(28-24-16)12-23-20(21-3)22-11-13-8-17(26-4)19(25)18(9-13)27-5;/h8-10,14,25H,6-7,11-12H2,1-5H3,(H2,21,22,23);1H. The van der Waals surface area contributed by atoms with Crippen molar-refractivity contribution in [2.24, 2.45) is 4.99 Å². The summed E-state index contributed by atoms with van der Waals surface area (Å²) >= 11 is 0. The second-order valence-corrected chi connectivity index (χ2v) is 6.36. The molecule has 1 aromatic carbocycles. The van der Waals surface area contributed by atoms with E-state index in [1.165, 1.54) is 14.2 Å². The van der Waals surface area contributed by atoms with Crippen molar-refractivity contribution in [3.63, 3.8) is 0 Å². The third-order valence-corrected chi connectivity index (χ3v) is 4.63. The summed E-state index contributed by atoms with van der Waals surface area (Å²) in [7, 11) is 4.70. The van der Waals surface area contributed by atoms with Gasteiger partial charge >= 0.3 is 0 Å². The Morgan fingerprint density at radius 3 is 2.21 bits per heavy atom. The molecule has 8 nitrogen and oxygen atoms in total. The van der Waals surface area contributed by atoms with Crippen LogP contribution in [0.5, 0.6) is 17.2 Å². The SMILES string of the molecule is CCC(CC)c1cc(CNC(=NC)NCc2cc(OC)c(O)c(OC)c2)on1.I. The number of phenolic OH excluding ortho intramolecular Hbond substituents is 1. The maximum atomic E-state index is 10.0. The minimum absolute atomic E-state index is 0. The Bertz CT molecular complexity index is 766. The van der Waals surface area contributed by atoms with Gasteiger partial charge in [-0.3, -0.25) is 4.99 Å². The van der Waals surface area contributed by atoms with Gasteiger partial charge in [0.05, 0.1) is 26.5 Å². The molecule has 0 spiro atoms. The van der Waals surface area contributed by atoms with Crippen molar-refractivity contribution in [2.45, 2.75) is 45.7 Å². The van der Waals surface area contributed by atoms with Crippen molar-refractivity contribution in [1.29, 1.82) is 0 Å². The fraction of sp³-hybridized carbons (Fsp3) is 0.500. The average molecular weight is 518 g/mol. The molecule has 9 heteroatoms. The molecule has 0 radical (unpaired) electrons. The monoisotopic (exact) mass is 518 g/mol. The molecule has 162 valence electrons. The van der Waals surface area contributed by atoms with Crippen LogP contribution in [0.1, 0.15) is 49.6 Å². The van der Waals surface area contributed by atoms with Gasteiger partial charge in [0.2, 0.25) is 5.75 Å². The first kappa shape index (κ1) is 24.9. The molecule has 3 N–H and O–H groups in total. The van der Waals surface area contributed by atoms with Crippen LogP contribution in [0.2, 0.25) is 0 Å². The first-order valence-electron chi connectivity index (χ1n) is 9.40. The van der Waals surface area contributed by atoms with Crippen molar-refractivity contribution in [1.82, 2.24) is 15.8 Å². The predicted octanol–water partition coefficient (Wildman–Crippen LogP) is 3.78. The van der Waals surface area contributed by atoms with Gasteiger partial charge in [-0.25, -0.2) is 0 Å². The van der Waals surface area contributed by atoms with E-state index in [0.29, 0.717) is 36.5 Å². The number of rotatable bonds is 9. The van der Waals surface area contributed by atoms with E-state index in [1.807, 2.05) is 6.07 Å². The Labute approximate surface area is 189 Å². The Kier molecular flexibility index (Phi) is 10.6. The molecule has 0 aliphatic heterocycles. The van der Waals surface area contributed by atoms with Gasteiger partial charge in [-0.2, -0.15) is 0 Å². The lowest BCUT2D eigenvalue weighted by molar-refractivity contribution is 0.339. The van der Waals surface area contributed by atoms with Crippen LogP contribution in [-0.2, 0) is 13.1 Å². The van der Waals surface area contributed by atoms with Crippen LogP contribution < -0.4 is 20.1 Å². The minimum Gasteiger partial charge on any atom is -0.502 e. The molecule has 0 atom stereocenters. The number of nitrogens with zero attached hydrogens (tertiary/aromatic N) is 2. The normalized spacial score (nSPS) is 11.2. The van der Waals surface area contributed by atoms with Gasteiger partial charge in [0.1, 0.15) is 0 Å². The van der Waals surface area contributed by atoms with E-state index in [1.54, 1.807) is 19.2 Å². The van der Waals surface area contributed by atoms with E-state index in [2.05, 4.69) is 34.6 Å². The number of halogens is 1. The van der Waals surface area contributed by atoms with Crippen LogP contribution in [0.4, 0.5) is 0 Å². The highest BCUT2D eigenvalue weighted by molar-refractivity contribution is 14.0. The zero-order valence-corrected chi connectivity index (χ0v) is 19.9. The number of phenols is 1. The molecule has 0 saturated heterocycles. The van der Waals surface area contributed by atoms with Crippen molar-refractivity contribution in [3.8, 4) is 17.2 Å². The number of aromatic nitrogens is 1.